The summed E-state index contributed by atoms with van der Waals surface area (Å²) < 4.78 is 27.1. The van der Waals surface area contributed by atoms with E-state index in [1.807, 2.05) is 6.92 Å². The van der Waals surface area contributed by atoms with Crippen molar-refractivity contribution < 1.29 is 8.78 Å². The Morgan fingerprint density at radius 2 is 2.00 bits per heavy atom. The summed E-state index contributed by atoms with van der Waals surface area (Å²) in [4.78, 5) is 0.473. The van der Waals surface area contributed by atoms with Gasteiger partial charge in [-0.05, 0) is 25.6 Å². The standard InChI is InChI=1S/C11H13F2NS/c1-3-8-10(14-2)9-6(12)4-5-7(13)11(9)15-8/h4-5,8,10,14H,3H2,1-2H3. The number of thioether (sulfide) groups is 1. The first kappa shape index (κ1) is 10.9. The fraction of sp³-hybridized carbons (Fsp3) is 0.455. The van der Waals surface area contributed by atoms with E-state index in [4.69, 9.17) is 0 Å². The van der Waals surface area contributed by atoms with E-state index in [0.29, 0.717) is 10.5 Å². The van der Waals surface area contributed by atoms with Crippen LogP contribution in [-0.4, -0.2) is 12.3 Å². The van der Waals surface area contributed by atoms with Crippen LogP contribution in [0.5, 0.6) is 0 Å². The SMILES string of the molecule is CCC1Sc2c(F)ccc(F)c2C1NC. The first-order valence-electron chi connectivity index (χ1n) is 5.00. The third-order valence-corrected chi connectivity index (χ3v) is 4.32. The Balaban J connectivity index is 2.51. The molecule has 0 bridgehead atoms. The molecule has 2 unspecified atom stereocenters. The van der Waals surface area contributed by atoms with Gasteiger partial charge in [-0.1, -0.05) is 6.92 Å². The minimum Gasteiger partial charge on any atom is -0.312 e. The number of fused-ring (bicyclic) bond motifs is 1. The molecule has 82 valence electrons. The van der Waals surface area contributed by atoms with Gasteiger partial charge in [-0.25, -0.2) is 8.78 Å². The zero-order chi connectivity index (χ0) is 11.0. The second-order valence-corrected chi connectivity index (χ2v) is 4.85. The number of hydrogen-bond acceptors (Lipinski definition) is 2. The second kappa shape index (κ2) is 4.10. The molecule has 0 saturated heterocycles. The number of hydrogen-bond donors (Lipinski definition) is 1. The van der Waals surface area contributed by atoms with Gasteiger partial charge in [0, 0.05) is 16.9 Å². The molecular formula is C11H13F2NS. The molecule has 1 aliphatic rings. The molecule has 0 aromatic heterocycles. The van der Waals surface area contributed by atoms with Gasteiger partial charge in [0.1, 0.15) is 11.6 Å². The molecule has 1 aromatic rings. The quantitative estimate of drug-likeness (QED) is 0.836. The first-order valence-corrected chi connectivity index (χ1v) is 5.88. The van der Waals surface area contributed by atoms with Crippen LogP contribution in [0.4, 0.5) is 8.78 Å². The molecule has 4 heteroatoms. The minimum atomic E-state index is -0.312. The lowest BCUT2D eigenvalue weighted by atomic mass is 10.0. The number of nitrogens with one attached hydrogen (secondary N) is 1. The highest BCUT2D eigenvalue weighted by Crippen LogP contribution is 2.47. The summed E-state index contributed by atoms with van der Waals surface area (Å²) >= 11 is 1.43. The van der Waals surface area contributed by atoms with E-state index >= 15 is 0 Å². The van der Waals surface area contributed by atoms with Crippen LogP contribution >= 0.6 is 11.8 Å². The fourth-order valence-corrected chi connectivity index (χ4v) is 3.42. The van der Waals surface area contributed by atoms with Crippen LogP contribution in [0.3, 0.4) is 0 Å². The Labute approximate surface area is 92.3 Å². The summed E-state index contributed by atoms with van der Waals surface area (Å²) in [7, 11) is 1.79. The summed E-state index contributed by atoms with van der Waals surface area (Å²) in [6, 6.07) is 2.33. The van der Waals surface area contributed by atoms with Crippen molar-refractivity contribution in [3.05, 3.63) is 29.3 Å². The van der Waals surface area contributed by atoms with E-state index in [1.54, 1.807) is 7.05 Å². The number of rotatable bonds is 2. The lowest BCUT2D eigenvalue weighted by molar-refractivity contribution is 0.504. The van der Waals surface area contributed by atoms with Gasteiger partial charge in [-0.2, -0.15) is 0 Å². The van der Waals surface area contributed by atoms with Gasteiger partial charge >= 0.3 is 0 Å². The molecule has 0 spiro atoms. The molecule has 1 nitrogen and oxygen atoms in total. The van der Waals surface area contributed by atoms with Crippen LogP contribution in [0.2, 0.25) is 0 Å². The van der Waals surface area contributed by atoms with Crippen LogP contribution in [-0.2, 0) is 0 Å². The van der Waals surface area contributed by atoms with Gasteiger partial charge in [0.25, 0.3) is 0 Å². The zero-order valence-electron chi connectivity index (χ0n) is 8.68. The van der Waals surface area contributed by atoms with Crippen molar-refractivity contribution in [2.75, 3.05) is 7.05 Å². The Morgan fingerprint density at radius 3 is 2.60 bits per heavy atom. The van der Waals surface area contributed by atoms with Crippen LogP contribution in [0.1, 0.15) is 24.9 Å². The number of benzene rings is 1. The lowest BCUT2D eigenvalue weighted by Crippen LogP contribution is -2.23. The first-order chi connectivity index (χ1) is 7.19. The summed E-state index contributed by atoms with van der Waals surface area (Å²) in [5.41, 5.74) is 0.495. The van der Waals surface area contributed by atoms with Crippen molar-refractivity contribution in [1.29, 1.82) is 0 Å². The molecule has 2 atom stereocenters. The second-order valence-electron chi connectivity index (χ2n) is 3.60. The highest BCUT2D eigenvalue weighted by atomic mass is 32.2. The summed E-state index contributed by atoms with van der Waals surface area (Å²) in [5.74, 6) is -0.623. The maximum Gasteiger partial charge on any atom is 0.137 e. The summed E-state index contributed by atoms with van der Waals surface area (Å²) in [5, 5.41) is 3.28. The summed E-state index contributed by atoms with van der Waals surface area (Å²) in [6.07, 6.45) is 0.893. The van der Waals surface area contributed by atoms with Crippen LogP contribution in [0.25, 0.3) is 0 Å². The lowest BCUT2D eigenvalue weighted by Gasteiger charge is -2.17. The number of halogens is 2. The maximum atomic E-state index is 13.6. The normalized spacial score (nSPS) is 24.3. The monoisotopic (exact) mass is 229 g/mol. The molecule has 1 heterocycles. The van der Waals surface area contributed by atoms with Gasteiger partial charge in [0.05, 0.1) is 4.90 Å². The van der Waals surface area contributed by atoms with Crippen molar-refractivity contribution >= 4 is 11.8 Å². The highest BCUT2D eigenvalue weighted by Gasteiger charge is 2.35. The highest BCUT2D eigenvalue weighted by molar-refractivity contribution is 8.00. The average molecular weight is 229 g/mol. The van der Waals surface area contributed by atoms with E-state index in [9.17, 15) is 8.78 Å². The van der Waals surface area contributed by atoms with Gasteiger partial charge in [-0.3, -0.25) is 0 Å². The molecular weight excluding hydrogens is 216 g/mol. The maximum absolute atomic E-state index is 13.6. The van der Waals surface area contributed by atoms with E-state index in [2.05, 4.69) is 5.32 Å². The van der Waals surface area contributed by atoms with Gasteiger partial charge < -0.3 is 5.32 Å². The largest absolute Gasteiger partial charge is 0.312 e. The molecule has 1 aliphatic heterocycles. The average Bonchev–Trinajstić information content (AvgIpc) is 2.63. The van der Waals surface area contributed by atoms with Crippen molar-refractivity contribution in [2.24, 2.45) is 0 Å². The molecule has 0 fully saturated rings. The van der Waals surface area contributed by atoms with E-state index in [0.717, 1.165) is 6.42 Å². The molecule has 2 rings (SSSR count). The van der Waals surface area contributed by atoms with Crippen molar-refractivity contribution in [3.63, 3.8) is 0 Å². The molecule has 1 aromatic carbocycles. The van der Waals surface area contributed by atoms with Crippen LogP contribution < -0.4 is 5.32 Å². The zero-order valence-corrected chi connectivity index (χ0v) is 9.50. The smallest absolute Gasteiger partial charge is 0.137 e. The molecule has 0 radical (unpaired) electrons. The Hall–Kier alpha value is -0.610. The fourth-order valence-electron chi connectivity index (χ4n) is 2.01. The van der Waals surface area contributed by atoms with Crippen molar-refractivity contribution in [1.82, 2.24) is 5.32 Å². The molecule has 0 saturated carbocycles. The van der Waals surface area contributed by atoms with E-state index in [1.165, 1.54) is 23.9 Å². The molecule has 0 amide bonds. The Bertz CT molecular complexity index is 381. The van der Waals surface area contributed by atoms with Gasteiger partial charge in [-0.15, -0.1) is 11.8 Å². The third-order valence-electron chi connectivity index (χ3n) is 2.76. The topological polar surface area (TPSA) is 12.0 Å². The molecule has 0 aliphatic carbocycles. The summed E-state index contributed by atoms with van der Waals surface area (Å²) in [6.45, 7) is 2.03. The van der Waals surface area contributed by atoms with Crippen molar-refractivity contribution in [3.8, 4) is 0 Å². The van der Waals surface area contributed by atoms with Gasteiger partial charge in [0.2, 0.25) is 0 Å². The van der Waals surface area contributed by atoms with Crippen molar-refractivity contribution in [2.45, 2.75) is 29.5 Å². The Morgan fingerprint density at radius 1 is 1.33 bits per heavy atom. The van der Waals surface area contributed by atoms with Crippen LogP contribution in [0, 0.1) is 11.6 Å². The third kappa shape index (κ3) is 1.66. The predicted octanol–water partition coefficient (Wildman–Crippen LogP) is 3.11. The molecule has 1 N–H and O–H groups in total. The van der Waals surface area contributed by atoms with E-state index in [-0.39, 0.29) is 22.9 Å². The Kier molecular flexibility index (Phi) is 2.98. The molecule has 15 heavy (non-hydrogen) atoms. The van der Waals surface area contributed by atoms with Crippen LogP contribution in [0.15, 0.2) is 17.0 Å². The predicted molar refractivity (Wildman–Crippen MR) is 58.1 cm³/mol. The minimum absolute atomic E-state index is 0.0781. The van der Waals surface area contributed by atoms with Gasteiger partial charge in [0.15, 0.2) is 0 Å². The van der Waals surface area contributed by atoms with E-state index < -0.39 is 0 Å².